The SMILES string of the molecule is Cc1cc(C2=NCc3cc4c(cc32)CN([C@@H]2CCCN(c3cccc(Cl)c3)C2)C(=O)C4)ccn1. The summed E-state index contributed by atoms with van der Waals surface area (Å²) in [5, 5.41) is 0.748. The maximum Gasteiger partial charge on any atom is 0.227 e. The molecule has 6 rings (SSSR count). The number of amides is 1. The van der Waals surface area contributed by atoms with Crippen LogP contribution in [0.2, 0.25) is 5.02 Å². The van der Waals surface area contributed by atoms with Crippen molar-refractivity contribution in [3.63, 3.8) is 0 Å². The summed E-state index contributed by atoms with van der Waals surface area (Å²) >= 11 is 6.24. The molecule has 0 bridgehead atoms. The van der Waals surface area contributed by atoms with E-state index in [0.29, 0.717) is 19.5 Å². The third-order valence-corrected chi connectivity index (χ3v) is 7.51. The second-order valence-corrected chi connectivity index (χ2v) is 9.99. The van der Waals surface area contributed by atoms with Gasteiger partial charge in [0.1, 0.15) is 0 Å². The molecule has 1 amide bonds. The number of hydrogen-bond acceptors (Lipinski definition) is 4. The lowest BCUT2D eigenvalue weighted by atomic mass is 9.90. The minimum Gasteiger partial charge on any atom is -0.369 e. The van der Waals surface area contributed by atoms with Crippen LogP contribution in [0, 0.1) is 6.92 Å². The summed E-state index contributed by atoms with van der Waals surface area (Å²) in [6.07, 6.45) is 4.42. The minimum absolute atomic E-state index is 0.206. The highest BCUT2D eigenvalue weighted by Gasteiger charge is 2.33. The summed E-state index contributed by atoms with van der Waals surface area (Å²) in [5.74, 6) is 0.231. The number of benzene rings is 2. The van der Waals surface area contributed by atoms with Crippen molar-refractivity contribution in [1.29, 1.82) is 0 Å². The number of anilines is 1. The molecule has 2 aromatic carbocycles. The summed E-state index contributed by atoms with van der Waals surface area (Å²) in [4.78, 5) is 26.9. The molecule has 0 N–H and O–H groups in total. The van der Waals surface area contributed by atoms with E-state index in [1.54, 1.807) is 0 Å². The van der Waals surface area contributed by atoms with Crippen LogP contribution < -0.4 is 4.90 Å². The first kappa shape index (κ1) is 21.4. The molecule has 3 aromatic rings. The quantitative estimate of drug-likeness (QED) is 0.544. The summed E-state index contributed by atoms with van der Waals surface area (Å²) in [5.41, 5.74) is 9.09. The lowest BCUT2D eigenvalue weighted by Crippen LogP contribution is -2.51. The molecule has 0 unspecified atom stereocenters. The smallest absolute Gasteiger partial charge is 0.227 e. The van der Waals surface area contributed by atoms with Crippen LogP contribution in [0.15, 0.2) is 59.7 Å². The van der Waals surface area contributed by atoms with E-state index in [9.17, 15) is 4.79 Å². The lowest BCUT2D eigenvalue weighted by Gasteiger charge is -2.42. The predicted octanol–water partition coefficient (Wildman–Crippen LogP) is 4.95. The molecule has 34 heavy (non-hydrogen) atoms. The van der Waals surface area contributed by atoms with Crippen molar-refractivity contribution in [2.24, 2.45) is 4.99 Å². The molecular formula is C28H27ClN4O. The molecule has 1 saturated heterocycles. The predicted molar refractivity (Wildman–Crippen MR) is 136 cm³/mol. The van der Waals surface area contributed by atoms with Crippen LogP contribution in [0.25, 0.3) is 0 Å². The Morgan fingerprint density at radius 2 is 1.97 bits per heavy atom. The van der Waals surface area contributed by atoms with Crippen LogP contribution in [-0.2, 0) is 24.3 Å². The molecule has 6 heteroatoms. The van der Waals surface area contributed by atoms with E-state index in [1.165, 1.54) is 16.7 Å². The molecule has 4 heterocycles. The Morgan fingerprint density at radius 1 is 1.06 bits per heavy atom. The Kier molecular flexibility index (Phi) is 5.37. The number of aryl methyl sites for hydroxylation is 1. The Hall–Kier alpha value is -3.18. The topological polar surface area (TPSA) is 48.8 Å². The first-order valence-corrected chi connectivity index (χ1v) is 12.4. The van der Waals surface area contributed by atoms with Crippen LogP contribution in [0.1, 0.15) is 46.4 Å². The van der Waals surface area contributed by atoms with Crippen molar-refractivity contribution in [2.75, 3.05) is 18.0 Å². The van der Waals surface area contributed by atoms with Gasteiger partial charge in [0, 0.05) is 59.4 Å². The van der Waals surface area contributed by atoms with E-state index in [1.807, 2.05) is 37.4 Å². The summed E-state index contributed by atoms with van der Waals surface area (Å²) in [6.45, 7) is 5.18. The number of rotatable bonds is 3. The highest BCUT2D eigenvalue weighted by Crippen LogP contribution is 2.32. The van der Waals surface area contributed by atoms with Crippen molar-refractivity contribution >= 4 is 28.9 Å². The van der Waals surface area contributed by atoms with Crippen molar-refractivity contribution in [3.8, 4) is 0 Å². The zero-order chi connectivity index (χ0) is 23.2. The molecular weight excluding hydrogens is 444 g/mol. The van der Waals surface area contributed by atoms with Gasteiger partial charge in [-0.2, -0.15) is 0 Å². The van der Waals surface area contributed by atoms with Gasteiger partial charge in [0.25, 0.3) is 0 Å². The Bertz CT molecular complexity index is 1320. The first-order chi connectivity index (χ1) is 16.5. The lowest BCUT2D eigenvalue weighted by molar-refractivity contribution is -0.134. The average Bonchev–Trinajstić information content (AvgIpc) is 3.25. The number of halogens is 1. The molecule has 0 saturated carbocycles. The van der Waals surface area contributed by atoms with Crippen molar-refractivity contribution in [1.82, 2.24) is 9.88 Å². The minimum atomic E-state index is 0.206. The normalized spacial score (nSPS) is 19.6. The maximum absolute atomic E-state index is 13.2. The molecule has 172 valence electrons. The van der Waals surface area contributed by atoms with Crippen molar-refractivity contribution < 1.29 is 4.79 Å². The van der Waals surface area contributed by atoms with Crippen LogP contribution in [-0.4, -0.2) is 40.6 Å². The molecule has 1 fully saturated rings. The van der Waals surface area contributed by atoms with Crippen molar-refractivity contribution in [2.45, 2.75) is 45.3 Å². The third kappa shape index (κ3) is 3.88. The molecule has 0 spiro atoms. The van der Waals surface area contributed by atoms with Gasteiger partial charge in [-0.1, -0.05) is 23.7 Å². The van der Waals surface area contributed by atoms with Gasteiger partial charge in [-0.3, -0.25) is 14.8 Å². The number of carbonyl (C=O) groups is 1. The molecule has 1 atom stereocenters. The highest BCUT2D eigenvalue weighted by molar-refractivity contribution is 6.30. The first-order valence-electron chi connectivity index (χ1n) is 12.0. The largest absolute Gasteiger partial charge is 0.369 e. The van der Waals surface area contributed by atoms with E-state index in [4.69, 9.17) is 16.6 Å². The van der Waals surface area contributed by atoms with Gasteiger partial charge in [-0.25, -0.2) is 0 Å². The van der Waals surface area contributed by atoms with E-state index in [0.717, 1.165) is 59.2 Å². The van der Waals surface area contributed by atoms with Gasteiger partial charge in [-0.15, -0.1) is 0 Å². The van der Waals surface area contributed by atoms with E-state index in [2.05, 4.69) is 39.0 Å². The summed E-state index contributed by atoms with van der Waals surface area (Å²) in [7, 11) is 0. The summed E-state index contributed by atoms with van der Waals surface area (Å²) in [6, 6.07) is 16.8. The fourth-order valence-electron chi connectivity index (χ4n) is 5.58. The number of nitrogens with zero attached hydrogens (tertiary/aromatic N) is 4. The third-order valence-electron chi connectivity index (χ3n) is 7.27. The molecule has 5 nitrogen and oxygen atoms in total. The standard InChI is InChI=1S/C28H27ClN4O/c1-18-10-19(7-8-30-18)28-26-12-22-16-33(27(34)13-20(22)11-21(26)15-31-28)25-6-3-9-32(17-25)24-5-2-4-23(29)14-24/h2,4-5,7-8,10-12,14,25H,3,6,9,13,15-17H2,1H3/t25-/m1/s1. The number of hydrogen-bond donors (Lipinski definition) is 0. The number of piperidine rings is 1. The van der Waals surface area contributed by atoms with Crippen LogP contribution >= 0.6 is 11.6 Å². The van der Waals surface area contributed by atoms with Gasteiger partial charge in [0.05, 0.1) is 18.7 Å². The Labute approximate surface area is 205 Å². The zero-order valence-electron chi connectivity index (χ0n) is 19.3. The van der Waals surface area contributed by atoms with Crippen LogP contribution in [0.4, 0.5) is 5.69 Å². The Balaban J connectivity index is 1.26. The van der Waals surface area contributed by atoms with E-state index >= 15 is 0 Å². The average molecular weight is 471 g/mol. The fraction of sp³-hybridized carbons (Fsp3) is 0.321. The number of fused-ring (bicyclic) bond motifs is 2. The molecule has 3 aliphatic heterocycles. The van der Waals surface area contributed by atoms with Gasteiger partial charge >= 0.3 is 0 Å². The van der Waals surface area contributed by atoms with Crippen molar-refractivity contribution in [3.05, 3.63) is 93.3 Å². The molecule has 3 aliphatic rings. The Morgan fingerprint density at radius 3 is 2.82 bits per heavy atom. The molecule has 0 radical (unpaired) electrons. The second-order valence-electron chi connectivity index (χ2n) is 9.55. The van der Waals surface area contributed by atoms with Crippen LogP contribution in [0.3, 0.4) is 0 Å². The van der Waals surface area contributed by atoms with Crippen LogP contribution in [0.5, 0.6) is 0 Å². The number of carbonyl (C=O) groups excluding carboxylic acids is 1. The number of pyridine rings is 1. The fourth-order valence-corrected chi connectivity index (χ4v) is 5.76. The second kappa shape index (κ2) is 8.55. The van der Waals surface area contributed by atoms with E-state index < -0.39 is 0 Å². The van der Waals surface area contributed by atoms with Gasteiger partial charge in [0.2, 0.25) is 5.91 Å². The monoisotopic (exact) mass is 470 g/mol. The van der Waals surface area contributed by atoms with Gasteiger partial charge < -0.3 is 9.80 Å². The number of aromatic nitrogens is 1. The maximum atomic E-state index is 13.2. The van der Waals surface area contributed by atoms with Gasteiger partial charge in [-0.05, 0) is 72.9 Å². The molecule has 0 aliphatic carbocycles. The highest BCUT2D eigenvalue weighted by atomic mass is 35.5. The van der Waals surface area contributed by atoms with Gasteiger partial charge in [0.15, 0.2) is 0 Å². The number of aliphatic imine (C=N–C) groups is 1. The molecule has 1 aromatic heterocycles. The zero-order valence-corrected chi connectivity index (χ0v) is 20.1. The summed E-state index contributed by atoms with van der Waals surface area (Å²) < 4.78 is 0. The van der Waals surface area contributed by atoms with E-state index in [-0.39, 0.29) is 11.9 Å².